The van der Waals surface area contributed by atoms with Crippen LogP contribution in [-0.2, 0) is 4.79 Å². The molecule has 1 saturated heterocycles. The monoisotopic (exact) mass is 211 g/mol. The van der Waals surface area contributed by atoms with Crippen molar-refractivity contribution in [1.82, 2.24) is 4.90 Å². The Labute approximate surface area is 91.5 Å². The van der Waals surface area contributed by atoms with Gasteiger partial charge in [-0.15, -0.1) is 0 Å². The van der Waals surface area contributed by atoms with Crippen molar-refractivity contribution in [3.05, 3.63) is 0 Å². The van der Waals surface area contributed by atoms with Gasteiger partial charge in [-0.25, -0.2) is 0 Å². The second-order valence-corrected chi connectivity index (χ2v) is 5.24. The fourth-order valence-corrected chi connectivity index (χ4v) is 3.13. The molecule has 0 aromatic carbocycles. The standard InChI is InChI=1S/C12H21NO2/c1-10-5-8-13(9-10)12(11(14)15)6-3-2-4-7-12/h10H,2-9H2,1H3,(H,14,15). The lowest BCUT2D eigenvalue weighted by atomic mass is 9.80. The first-order valence-electron chi connectivity index (χ1n) is 6.13. The quantitative estimate of drug-likeness (QED) is 0.760. The Morgan fingerprint density at radius 1 is 1.33 bits per heavy atom. The molecule has 1 N–H and O–H groups in total. The molecule has 1 atom stereocenters. The van der Waals surface area contributed by atoms with Gasteiger partial charge in [-0.3, -0.25) is 9.69 Å². The first kappa shape index (κ1) is 10.9. The molecule has 3 heteroatoms. The van der Waals surface area contributed by atoms with Crippen molar-refractivity contribution >= 4 is 5.97 Å². The summed E-state index contributed by atoms with van der Waals surface area (Å²) in [6.45, 7) is 4.18. The third-order valence-electron chi connectivity index (χ3n) is 4.11. The van der Waals surface area contributed by atoms with E-state index in [0.717, 1.165) is 45.2 Å². The second kappa shape index (κ2) is 4.12. The molecule has 3 nitrogen and oxygen atoms in total. The Kier molecular flexibility index (Phi) is 3.01. The smallest absolute Gasteiger partial charge is 0.324 e. The zero-order chi connectivity index (χ0) is 10.9. The van der Waals surface area contributed by atoms with Crippen LogP contribution in [0.25, 0.3) is 0 Å². The average molecular weight is 211 g/mol. The highest BCUT2D eigenvalue weighted by Gasteiger charge is 2.46. The first-order valence-corrected chi connectivity index (χ1v) is 6.13. The first-order chi connectivity index (χ1) is 7.15. The predicted octanol–water partition coefficient (Wildman–Crippen LogP) is 2.12. The molecule has 0 bridgehead atoms. The molecule has 86 valence electrons. The maximum atomic E-state index is 11.5. The van der Waals surface area contributed by atoms with Crippen molar-refractivity contribution in [1.29, 1.82) is 0 Å². The Hall–Kier alpha value is -0.570. The number of hydrogen-bond donors (Lipinski definition) is 1. The molecule has 2 aliphatic rings. The van der Waals surface area contributed by atoms with E-state index in [1.165, 1.54) is 6.42 Å². The van der Waals surface area contributed by atoms with Crippen molar-refractivity contribution in [2.45, 2.75) is 51.0 Å². The van der Waals surface area contributed by atoms with Crippen LogP contribution in [0.15, 0.2) is 0 Å². The molecule has 1 heterocycles. The van der Waals surface area contributed by atoms with Gasteiger partial charge in [0.2, 0.25) is 0 Å². The summed E-state index contributed by atoms with van der Waals surface area (Å²) in [4.78, 5) is 13.8. The van der Waals surface area contributed by atoms with Crippen LogP contribution in [0.1, 0.15) is 45.4 Å². The number of carboxylic acid groups (broad SMARTS) is 1. The van der Waals surface area contributed by atoms with Crippen LogP contribution in [0.4, 0.5) is 0 Å². The van der Waals surface area contributed by atoms with E-state index in [1.54, 1.807) is 0 Å². The average Bonchev–Trinajstić information content (AvgIpc) is 2.66. The third-order valence-corrected chi connectivity index (χ3v) is 4.11. The van der Waals surface area contributed by atoms with Gasteiger partial charge in [-0.1, -0.05) is 26.2 Å². The van der Waals surface area contributed by atoms with Gasteiger partial charge in [0, 0.05) is 6.54 Å². The number of hydrogen-bond acceptors (Lipinski definition) is 2. The SMILES string of the molecule is CC1CCN(C2(C(=O)O)CCCCC2)C1. The lowest BCUT2D eigenvalue weighted by Crippen LogP contribution is -2.54. The van der Waals surface area contributed by atoms with E-state index < -0.39 is 11.5 Å². The molecule has 1 unspecified atom stereocenters. The van der Waals surface area contributed by atoms with E-state index in [9.17, 15) is 9.90 Å². The minimum absolute atomic E-state index is 0.511. The molecule has 2 fully saturated rings. The van der Waals surface area contributed by atoms with E-state index in [4.69, 9.17) is 0 Å². The summed E-state index contributed by atoms with van der Waals surface area (Å²) in [5.41, 5.74) is -0.511. The normalized spacial score (nSPS) is 31.7. The van der Waals surface area contributed by atoms with E-state index in [-0.39, 0.29) is 0 Å². The molecular formula is C12H21NO2. The van der Waals surface area contributed by atoms with Gasteiger partial charge in [-0.05, 0) is 31.7 Å². The molecule has 1 saturated carbocycles. The van der Waals surface area contributed by atoms with Gasteiger partial charge in [-0.2, -0.15) is 0 Å². The molecular weight excluding hydrogens is 190 g/mol. The molecule has 0 amide bonds. The maximum Gasteiger partial charge on any atom is 0.324 e. The molecule has 0 aromatic rings. The summed E-state index contributed by atoms with van der Waals surface area (Å²) in [6.07, 6.45) is 6.24. The van der Waals surface area contributed by atoms with Gasteiger partial charge in [0.05, 0.1) is 0 Å². The summed E-state index contributed by atoms with van der Waals surface area (Å²) in [5.74, 6) is 0.0828. The fourth-order valence-electron chi connectivity index (χ4n) is 3.13. The summed E-state index contributed by atoms with van der Waals surface area (Å²) in [5, 5.41) is 9.49. The second-order valence-electron chi connectivity index (χ2n) is 5.24. The summed E-state index contributed by atoms with van der Waals surface area (Å²) in [6, 6.07) is 0. The number of aliphatic carboxylic acids is 1. The maximum absolute atomic E-state index is 11.5. The molecule has 1 aliphatic heterocycles. The van der Waals surface area contributed by atoms with Gasteiger partial charge >= 0.3 is 5.97 Å². The van der Waals surface area contributed by atoms with Crippen LogP contribution < -0.4 is 0 Å². The Morgan fingerprint density at radius 3 is 2.47 bits per heavy atom. The van der Waals surface area contributed by atoms with E-state index >= 15 is 0 Å². The van der Waals surface area contributed by atoms with Crippen LogP contribution in [0.5, 0.6) is 0 Å². The van der Waals surface area contributed by atoms with Gasteiger partial charge in [0.1, 0.15) is 5.54 Å². The number of rotatable bonds is 2. The topological polar surface area (TPSA) is 40.5 Å². The molecule has 0 aromatic heterocycles. The zero-order valence-electron chi connectivity index (χ0n) is 9.54. The van der Waals surface area contributed by atoms with Crippen LogP contribution in [0.3, 0.4) is 0 Å². The predicted molar refractivity (Wildman–Crippen MR) is 58.8 cm³/mol. The largest absolute Gasteiger partial charge is 0.480 e. The number of carbonyl (C=O) groups is 1. The number of likely N-dealkylation sites (tertiary alicyclic amines) is 1. The fraction of sp³-hybridized carbons (Fsp3) is 0.917. The minimum atomic E-state index is -0.587. The Morgan fingerprint density at radius 2 is 2.00 bits per heavy atom. The lowest BCUT2D eigenvalue weighted by Gasteiger charge is -2.41. The molecule has 1 aliphatic carbocycles. The number of carboxylic acids is 1. The molecule has 15 heavy (non-hydrogen) atoms. The van der Waals surface area contributed by atoms with E-state index in [1.807, 2.05) is 0 Å². The van der Waals surface area contributed by atoms with Gasteiger partial charge in [0.15, 0.2) is 0 Å². The van der Waals surface area contributed by atoms with Gasteiger partial charge in [0.25, 0.3) is 0 Å². The van der Waals surface area contributed by atoms with Gasteiger partial charge < -0.3 is 5.11 Å². The van der Waals surface area contributed by atoms with Crippen LogP contribution in [0.2, 0.25) is 0 Å². The molecule has 2 rings (SSSR count). The van der Waals surface area contributed by atoms with E-state index in [0.29, 0.717) is 5.92 Å². The Bertz CT molecular complexity index is 246. The zero-order valence-corrected chi connectivity index (χ0v) is 9.54. The highest BCUT2D eigenvalue weighted by molar-refractivity contribution is 5.79. The van der Waals surface area contributed by atoms with Crippen LogP contribution >= 0.6 is 0 Å². The van der Waals surface area contributed by atoms with Crippen molar-refractivity contribution in [3.63, 3.8) is 0 Å². The van der Waals surface area contributed by atoms with Crippen LogP contribution in [0, 0.1) is 5.92 Å². The highest BCUT2D eigenvalue weighted by atomic mass is 16.4. The van der Waals surface area contributed by atoms with Crippen molar-refractivity contribution in [2.24, 2.45) is 5.92 Å². The third kappa shape index (κ3) is 1.89. The molecule has 0 spiro atoms. The minimum Gasteiger partial charge on any atom is -0.480 e. The summed E-state index contributed by atoms with van der Waals surface area (Å²) in [7, 11) is 0. The summed E-state index contributed by atoms with van der Waals surface area (Å²) < 4.78 is 0. The highest BCUT2D eigenvalue weighted by Crippen LogP contribution is 2.37. The van der Waals surface area contributed by atoms with Crippen molar-refractivity contribution in [3.8, 4) is 0 Å². The Balaban J connectivity index is 2.14. The molecule has 0 radical (unpaired) electrons. The lowest BCUT2D eigenvalue weighted by molar-refractivity contribution is -0.153. The van der Waals surface area contributed by atoms with E-state index in [2.05, 4.69) is 11.8 Å². The van der Waals surface area contributed by atoms with Crippen molar-refractivity contribution in [2.75, 3.05) is 13.1 Å². The van der Waals surface area contributed by atoms with Crippen LogP contribution in [-0.4, -0.2) is 34.6 Å². The summed E-state index contributed by atoms with van der Waals surface area (Å²) >= 11 is 0. The number of nitrogens with zero attached hydrogens (tertiary/aromatic N) is 1. The van der Waals surface area contributed by atoms with Crippen molar-refractivity contribution < 1.29 is 9.90 Å².